The maximum atomic E-state index is 13.9. The molecule has 3 rings (SSSR count). The number of halogens is 2. The highest BCUT2D eigenvalue weighted by atomic mass is 32.2. The average molecular weight is 416 g/mol. The van der Waals surface area contributed by atoms with Crippen molar-refractivity contribution in [2.45, 2.75) is 18.0 Å². The summed E-state index contributed by atoms with van der Waals surface area (Å²) in [4.78, 5) is 8.29. The summed E-state index contributed by atoms with van der Waals surface area (Å²) in [5.41, 5.74) is 2.32. The van der Waals surface area contributed by atoms with Crippen LogP contribution in [0.2, 0.25) is 0 Å². The fourth-order valence-electron chi connectivity index (χ4n) is 2.85. The van der Waals surface area contributed by atoms with E-state index >= 15 is 0 Å². The molecule has 0 N–H and O–H groups in total. The van der Waals surface area contributed by atoms with E-state index < -0.39 is 12.2 Å². The smallest absolute Gasteiger partial charge is 0.213 e. The number of nitriles is 1. The highest BCUT2D eigenvalue weighted by molar-refractivity contribution is 7.99. The number of rotatable bonds is 8. The van der Waals surface area contributed by atoms with Gasteiger partial charge < -0.3 is 14.0 Å². The van der Waals surface area contributed by atoms with Crippen LogP contribution in [0.4, 0.5) is 8.78 Å². The van der Waals surface area contributed by atoms with Crippen LogP contribution >= 0.6 is 11.8 Å². The quantitative estimate of drug-likeness (QED) is 0.312. The summed E-state index contributed by atoms with van der Waals surface area (Å²) in [5.74, 6) is -0.835. The largest absolute Gasteiger partial charge is 0.354 e. The molecule has 0 aliphatic carbocycles. The van der Waals surface area contributed by atoms with Gasteiger partial charge in [-0.1, -0.05) is 11.8 Å². The molecule has 0 aliphatic heterocycles. The Labute approximate surface area is 171 Å². The molecule has 0 amide bonds. The summed E-state index contributed by atoms with van der Waals surface area (Å²) < 4.78 is 39.8. The molecule has 0 spiro atoms. The molecule has 0 saturated heterocycles. The number of nitrogens with zero attached hydrogens (tertiary/aromatic N) is 4. The topological polar surface area (TPSA) is 73.0 Å². The van der Waals surface area contributed by atoms with Gasteiger partial charge in [0.25, 0.3) is 0 Å². The number of aromatic nitrogens is 3. The van der Waals surface area contributed by atoms with Crippen LogP contribution in [0.3, 0.4) is 0 Å². The van der Waals surface area contributed by atoms with Gasteiger partial charge in [-0.2, -0.15) is 9.65 Å². The van der Waals surface area contributed by atoms with Crippen molar-refractivity contribution in [3.05, 3.63) is 54.4 Å². The molecule has 0 saturated carbocycles. The van der Waals surface area contributed by atoms with Crippen LogP contribution < -0.4 is 0 Å². The standard InChI is InChI=1S/C20H18F2N4O2S/c1-27-17(28-2)12-26-19(14-7-9-24-16(22)11-14)18(25-20(26)29-10-8-23)13-3-5-15(21)6-4-13/h3-7,9,11,17H,10,12H2,1-2H3. The van der Waals surface area contributed by atoms with Gasteiger partial charge in [0.05, 0.1) is 29.8 Å². The van der Waals surface area contributed by atoms with Gasteiger partial charge in [-0.25, -0.2) is 14.4 Å². The van der Waals surface area contributed by atoms with Crippen molar-refractivity contribution >= 4 is 11.8 Å². The molecule has 0 atom stereocenters. The minimum Gasteiger partial charge on any atom is -0.354 e. The zero-order valence-corrected chi connectivity index (χ0v) is 16.6. The van der Waals surface area contributed by atoms with E-state index in [1.807, 2.05) is 4.57 Å². The molecule has 3 aromatic rings. The summed E-state index contributed by atoms with van der Waals surface area (Å²) in [6.07, 6.45) is 0.778. The Morgan fingerprint density at radius 1 is 1.14 bits per heavy atom. The van der Waals surface area contributed by atoms with Crippen LogP contribution in [0.1, 0.15) is 0 Å². The third-order valence-corrected chi connectivity index (χ3v) is 5.02. The fourth-order valence-corrected chi connectivity index (χ4v) is 3.53. The van der Waals surface area contributed by atoms with Crippen molar-refractivity contribution in [3.63, 3.8) is 0 Å². The van der Waals surface area contributed by atoms with Crippen LogP contribution in [0, 0.1) is 23.1 Å². The van der Waals surface area contributed by atoms with E-state index in [-0.39, 0.29) is 18.1 Å². The monoisotopic (exact) mass is 416 g/mol. The van der Waals surface area contributed by atoms with Gasteiger partial charge in [-0.3, -0.25) is 0 Å². The first-order valence-electron chi connectivity index (χ1n) is 8.61. The van der Waals surface area contributed by atoms with E-state index in [0.717, 1.165) is 0 Å². The number of imidazole rings is 1. The summed E-state index contributed by atoms with van der Waals surface area (Å²) in [6, 6.07) is 10.9. The summed E-state index contributed by atoms with van der Waals surface area (Å²) in [5, 5.41) is 9.55. The van der Waals surface area contributed by atoms with E-state index in [4.69, 9.17) is 14.7 Å². The molecule has 0 unspecified atom stereocenters. The van der Waals surface area contributed by atoms with Gasteiger partial charge in [0.2, 0.25) is 5.95 Å². The van der Waals surface area contributed by atoms with Crippen LogP contribution in [0.15, 0.2) is 47.8 Å². The molecule has 150 valence electrons. The highest BCUT2D eigenvalue weighted by Gasteiger charge is 2.23. The van der Waals surface area contributed by atoms with Gasteiger partial charge in [-0.05, 0) is 30.3 Å². The van der Waals surface area contributed by atoms with E-state index in [0.29, 0.717) is 27.7 Å². The molecule has 0 radical (unpaired) electrons. The number of thioether (sulfide) groups is 1. The lowest BCUT2D eigenvalue weighted by molar-refractivity contribution is -0.111. The van der Waals surface area contributed by atoms with Crippen LogP contribution in [0.25, 0.3) is 22.5 Å². The zero-order chi connectivity index (χ0) is 20.8. The number of benzene rings is 1. The molecule has 0 aliphatic rings. The number of hydrogen-bond donors (Lipinski definition) is 0. The molecular weight excluding hydrogens is 398 g/mol. The normalized spacial score (nSPS) is 11.0. The maximum absolute atomic E-state index is 13.9. The summed E-state index contributed by atoms with van der Waals surface area (Å²) in [7, 11) is 3.03. The Hall–Kier alpha value is -2.80. The third kappa shape index (κ3) is 4.79. The van der Waals surface area contributed by atoms with Crippen LogP contribution in [-0.4, -0.2) is 40.8 Å². The molecule has 0 bridgehead atoms. The Balaban J connectivity index is 2.24. The minimum atomic E-state index is -0.637. The molecule has 6 nitrogen and oxygen atoms in total. The molecule has 1 aromatic carbocycles. The molecule has 2 aromatic heterocycles. The molecular formula is C20H18F2N4O2S. The Bertz CT molecular complexity index is 1010. The van der Waals surface area contributed by atoms with Crippen molar-refractivity contribution in [2.24, 2.45) is 0 Å². The lowest BCUT2D eigenvalue weighted by Gasteiger charge is -2.18. The van der Waals surface area contributed by atoms with Crippen molar-refractivity contribution in [1.82, 2.24) is 14.5 Å². The molecule has 2 heterocycles. The van der Waals surface area contributed by atoms with Gasteiger partial charge in [0.15, 0.2) is 11.4 Å². The second-order valence-electron chi connectivity index (χ2n) is 5.92. The van der Waals surface area contributed by atoms with Crippen molar-refractivity contribution in [2.75, 3.05) is 20.0 Å². The third-order valence-electron chi connectivity index (χ3n) is 4.17. The van der Waals surface area contributed by atoms with Crippen molar-refractivity contribution in [3.8, 4) is 28.6 Å². The Morgan fingerprint density at radius 2 is 1.86 bits per heavy atom. The van der Waals surface area contributed by atoms with Crippen LogP contribution in [0.5, 0.6) is 0 Å². The second kappa shape index (κ2) is 9.60. The molecule has 9 heteroatoms. The van der Waals surface area contributed by atoms with Gasteiger partial charge >= 0.3 is 0 Å². The van der Waals surface area contributed by atoms with E-state index in [2.05, 4.69) is 16.0 Å². The predicted octanol–water partition coefficient (Wildman–Crippen LogP) is 4.12. The first-order valence-corrected chi connectivity index (χ1v) is 9.59. The molecule has 0 fully saturated rings. The summed E-state index contributed by atoms with van der Waals surface area (Å²) in [6.45, 7) is 0.258. The number of pyridine rings is 1. The zero-order valence-electron chi connectivity index (χ0n) is 15.8. The first-order chi connectivity index (χ1) is 14.1. The average Bonchev–Trinajstić information content (AvgIpc) is 3.09. The molecule has 29 heavy (non-hydrogen) atoms. The van der Waals surface area contributed by atoms with E-state index in [1.54, 1.807) is 18.2 Å². The van der Waals surface area contributed by atoms with Crippen LogP contribution in [-0.2, 0) is 16.0 Å². The first kappa shape index (κ1) is 20.9. The van der Waals surface area contributed by atoms with E-state index in [9.17, 15) is 8.78 Å². The van der Waals surface area contributed by atoms with Gasteiger partial charge in [-0.15, -0.1) is 0 Å². The fraction of sp³-hybridized carbons (Fsp3) is 0.250. The number of hydrogen-bond acceptors (Lipinski definition) is 6. The van der Waals surface area contributed by atoms with E-state index in [1.165, 1.54) is 50.4 Å². The maximum Gasteiger partial charge on any atom is 0.213 e. The lowest BCUT2D eigenvalue weighted by Crippen LogP contribution is -2.21. The lowest BCUT2D eigenvalue weighted by atomic mass is 10.1. The van der Waals surface area contributed by atoms with Gasteiger partial charge in [0, 0.05) is 37.6 Å². The number of methoxy groups -OCH3 is 2. The predicted molar refractivity (Wildman–Crippen MR) is 105 cm³/mol. The SMILES string of the molecule is COC(Cn1c(SCC#N)nc(-c2ccc(F)cc2)c1-c1ccnc(F)c1)OC. The van der Waals surface area contributed by atoms with Crippen molar-refractivity contribution < 1.29 is 18.3 Å². The Morgan fingerprint density at radius 3 is 2.48 bits per heavy atom. The van der Waals surface area contributed by atoms with Gasteiger partial charge in [0.1, 0.15) is 5.82 Å². The summed E-state index contributed by atoms with van der Waals surface area (Å²) >= 11 is 1.24. The van der Waals surface area contributed by atoms with Crippen molar-refractivity contribution in [1.29, 1.82) is 5.26 Å². The minimum absolute atomic E-state index is 0.175. The highest BCUT2D eigenvalue weighted by Crippen LogP contribution is 2.36. The second-order valence-corrected chi connectivity index (χ2v) is 6.87. The number of ether oxygens (including phenoxy) is 2. The Kier molecular flexibility index (Phi) is 6.93.